The van der Waals surface area contributed by atoms with Crippen LogP contribution in [0.4, 0.5) is 0 Å². The highest BCUT2D eigenvalue weighted by molar-refractivity contribution is 5.33. The second-order valence-corrected chi connectivity index (χ2v) is 4.72. The minimum absolute atomic E-state index is 0.342. The topological polar surface area (TPSA) is 12.0 Å². The Labute approximate surface area is 76.2 Å². The van der Waals surface area contributed by atoms with Gasteiger partial charge in [-0.05, 0) is 41.2 Å². The third kappa shape index (κ3) is 1.11. The van der Waals surface area contributed by atoms with E-state index in [4.69, 9.17) is 0 Å². The largest absolute Gasteiger partial charge is 0.314 e. The Bertz CT molecular complexity index is 225. The molecule has 0 aliphatic heterocycles. The Morgan fingerprint density at radius 3 is 1.92 bits per heavy atom. The molecular formula is C11H21N. The van der Waals surface area contributed by atoms with Gasteiger partial charge in [0.05, 0.1) is 0 Å². The van der Waals surface area contributed by atoms with Crippen molar-refractivity contribution >= 4 is 0 Å². The van der Waals surface area contributed by atoms with E-state index in [1.165, 1.54) is 12.0 Å². The molecule has 0 radical (unpaired) electrons. The first-order chi connectivity index (χ1) is 5.37. The number of nitrogens with one attached hydrogen (secondary N) is 1. The molecule has 0 spiro atoms. The molecular weight excluding hydrogens is 146 g/mol. The average Bonchev–Trinajstić information content (AvgIpc) is 2.56. The molecule has 0 amide bonds. The van der Waals surface area contributed by atoms with Gasteiger partial charge in [0.25, 0.3) is 0 Å². The van der Waals surface area contributed by atoms with E-state index >= 15 is 0 Å². The van der Waals surface area contributed by atoms with Gasteiger partial charge in [-0.25, -0.2) is 0 Å². The molecule has 1 aliphatic rings. The van der Waals surface area contributed by atoms with Crippen molar-refractivity contribution in [2.75, 3.05) is 7.05 Å². The first-order valence-electron chi connectivity index (χ1n) is 4.71. The first-order valence-corrected chi connectivity index (χ1v) is 4.71. The summed E-state index contributed by atoms with van der Waals surface area (Å²) in [5, 5.41) is 3.41. The molecule has 1 aliphatic carbocycles. The zero-order chi connectivity index (χ0) is 9.57. The minimum Gasteiger partial charge on any atom is -0.314 e. The zero-order valence-corrected chi connectivity index (χ0v) is 9.21. The molecule has 70 valence electrons. The predicted octanol–water partition coefficient (Wildman–Crippen LogP) is 2.73. The molecule has 1 nitrogen and oxygen atoms in total. The van der Waals surface area contributed by atoms with E-state index < -0.39 is 0 Å². The summed E-state index contributed by atoms with van der Waals surface area (Å²) in [6.07, 6.45) is 1.27. The van der Waals surface area contributed by atoms with Crippen molar-refractivity contribution in [2.45, 2.75) is 46.6 Å². The highest BCUT2D eigenvalue weighted by Gasteiger charge is 2.60. The van der Waals surface area contributed by atoms with Gasteiger partial charge in [-0.15, -0.1) is 0 Å². The van der Waals surface area contributed by atoms with Crippen molar-refractivity contribution in [3.63, 3.8) is 0 Å². The van der Waals surface area contributed by atoms with Crippen LogP contribution in [0.15, 0.2) is 11.1 Å². The number of hydrogen-bond donors (Lipinski definition) is 1. The maximum Gasteiger partial charge on any atom is 0.0250 e. The molecule has 0 aromatic heterocycles. The summed E-state index contributed by atoms with van der Waals surface area (Å²) in [5.41, 5.74) is 3.77. The summed E-state index contributed by atoms with van der Waals surface area (Å²) in [6.45, 7) is 11.3. The zero-order valence-electron chi connectivity index (χ0n) is 9.21. The molecule has 0 bridgehead atoms. The van der Waals surface area contributed by atoms with Gasteiger partial charge >= 0.3 is 0 Å². The Balaban J connectivity index is 2.88. The van der Waals surface area contributed by atoms with E-state index in [1.54, 1.807) is 5.57 Å². The maximum absolute atomic E-state index is 3.41. The summed E-state index contributed by atoms with van der Waals surface area (Å²) in [5.74, 6) is 0. The van der Waals surface area contributed by atoms with Crippen molar-refractivity contribution < 1.29 is 0 Å². The molecule has 0 aromatic rings. The van der Waals surface area contributed by atoms with Crippen molar-refractivity contribution in [1.29, 1.82) is 0 Å². The monoisotopic (exact) mass is 167 g/mol. The minimum atomic E-state index is 0.342. The lowest BCUT2D eigenvalue weighted by Crippen LogP contribution is -2.30. The molecule has 1 heteroatoms. The van der Waals surface area contributed by atoms with E-state index in [0.29, 0.717) is 11.0 Å². The molecule has 1 saturated carbocycles. The van der Waals surface area contributed by atoms with E-state index in [9.17, 15) is 0 Å². The van der Waals surface area contributed by atoms with Crippen LogP contribution in [-0.4, -0.2) is 12.6 Å². The first kappa shape index (κ1) is 9.79. The Hall–Kier alpha value is -0.300. The molecule has 1 rings (SSSR count). The standard InChI is InChI=1S/C11H21N/c1-8(2)9(3)10(4)7-11(10,5)12-6/h12H,7H2,1-6H3. The van der Waals surface area contributed by atoms with Gasteiger partial charge in [0.15, 0.2) is 0 Å². The van der Waals surface area contributed by atoms with Gasteiger partial charge in [0.2, 0.25) is 0 Å². The third-order valence-electron chi connectivity index (χ3n) is 3.93. The smallest absolute Gasteiger partial charge is 0.0250 e. The summed E-state index contributed by atoms with van der Waals surface area (Å²) < 4.78 is 0. The van der Waals surface area contributed by atoms with Crippen LogP contribution >= 0.6 is 0 Å². The summed E-state index contributed by atoms with van der Waals surface area (Å²) in [7, 11) is 2.06. The van der Waals surface area contributed by atoms with E-state index in [1.807, 2.05) is 0 Å². The lowest BCUT2D eigenvalue weighted by Gasteiger charge is -2.20. The summed E-state index contributed by atoms with van der Waals surface area (Å²) >= 11 is 0. The van der Waals surface area contributed by atoms with E-state index in [2.05, 4.69) is 47.0 Å². The Morgan fingerprint density at radius 1 is 1.17 bits per heavy atom. The molecule has 1 fully saturated rings. The van der Waals surface area contributed by atoms with Crippen molar-refractivity contribution in [1.82, 2.24) is 5.32 Å². The molecule has 12 heavy (non-hydrogen) atoms. The highest BCUT2D eigenvalue weighted by Crippen LogP contribution is 2.60. The second-order valence-electron chi connectivity index (χ2n) is 4.72. The van der Waals surface area contributed by atoms with Crippen LogP contribution in [0.3, 0.4) is 0 Å². The van der Waals surface area contributed by atoms with Gasteiger partial charge in [-0.1, -0.05) is 18.1 Å². The molecule has 1 N–H and O–H groups in total. The molecule has 0 aromatic carbocycles. The molecule has 0 heterocycles. The van der Waals surface area contributed by atoms with Crippen LogP contribution in [0.2, 0.25) is 0 Å². The summed E-state index contributed by atoms with van der Waals surface area (Å²) in [4.78, 5) is 0. The van der Waals surface area contributed by atoms with Crippen LogP contribution in [0.5, 0.6) is 0 Å². The van der Waals surface area contributed by atoms with Gasteiger partial charge in [0, 0.05) is 11.0 Å². The lowest BCUT2D eigenvalue weighted by atomic mass is 9.91. The third-order valence-corrected chi connectivity index (χ3v) is 3.93. The van der Waals surface area contributed by atoms with Gasteiger partial charge in [-0.2, -0.15) is 0 Å². The van der Waals surface area contributed by atoms with E-state index in [0.717, 1.165) is 0 Å². The highest BCUT2D eigenvalue weighted by atomic mass is 15.0. The Kier molecular flexibility index (Phi) is 2.12. The fourth-order valence-electron chi connectivity index (χ4n) is 2.13. The number of rotatable bonds is 2. The fraction of sp³-hybridized carbons (Fsp3) is 0.818. The van der Waals surface area contributed by atoms with Crippen LogP contribution in [0.1, 0.15) is 41.0 Å². The predicted molar refractivity (Wildman–Crippen MR) is 54.2 cm³/mol. The van der Waals surface area contributed by atoms with E-state index in [-0.39, 0.29) is 0 Å². The van der Waals surface area contributed by atoms with Crippen molar-refractivity contribution in [3.05, 3.63) is 11.1 Å². The average molecular weight is 167 g/mol. The normalized spacial score (nSPS) is 39.5. The van der Waals surface area contributed by atoms with Crippen molar-refractivity contribution in [3.8, 4) is 0 Å². The van der Waals surface area contributed by atoms with Crippen LogP contribution in [0.25, 0.3) is 0 Å². The van der Waals surface area contributed by atoms with Crippen molar-refractivity contribution in [2.24, 2.45) is 5.41 Å². The van der Waals surface area contributed by atoms with Gasteiger partial charge in [-0.3, -0.25) is 0 Å². The fourth-order valence-corrected chi connectivity index (χ4v) is 2.13. The van der Waals surface area contributed by atoms with Gasteiger partial charge < -0.3 is 5.32 Å². The number of allylic oxidation sites excluding steroid dienone is 1. The quantitative estimate of drug-likeness (QED) is 0.624. The van der Waals surface area contributed by atoms with Crippen LogP contribution < -0.4 is 5.32 Å². The Morgan fingerprint density at radius 2 is 1.67 bits per heavy atom. The maximum atomic E-state index is 3.41. The lowest BCUT2D eigenvalue weighted by molar-refractivity contribution is 0.475. The number of hydrogen-bond acceptors (Lipinski definition) is 1. The molecule has 0 saturated heterocycles. The molecule has 2 unspecified atom stereocenters. The SMILES string of the molecule is CNC1(C)CC1(C)C(C)=C(C)C. The molecule has 2 atom stereocenters. The van der Waals surface area contributed by atoms with Crippen LogP contribution in [-0.2, 0) is 0 Å². The second kappa shape index (κ2) is 2.59. The summed E-state index contributed by atoms with van der Waals surface area (Å²) in [6, 6.07) is 0. The van der Waals surface area contributed by atoms with Crippen LogP contribution in [0, 0.1) is 5.41 Å². The van der Waals surface area contributed by atoms with Gasteiger partial charge in [0.1, 0.15) is 0 Å².